The molecule has 4 aromatic rings. The maximum atomic E-state index is 12.8. The van der Waals surface area contributed by atoms with Gasteiger partial charge in [-0.1, -0.05) is 0 Å². The average molecular weight is 464 g/mol. The van der Waals surface area contributed by atoms with Crippen molar-refractivity contribution in [2.45, 2.75) is 20.0 Å². The number of amides is 2. The Hall–Kier alpha value is -3.63. The van der Waals surface area contributed by atoms with E-state index in [1.165, 1.54) is 22.7 Å². The summed E-state index contributed by atoms with van der Waals surface area (Å²) in [5.41, 5.74) is 3.69. The zero-order valence-electron chi connectivity index (χ0n) is 17.1. The number of thiazole rings is 2. The normalized spacial score (nSPS) is 14.9. The van der Waals surface area contributed by atoms with Gasteiger partial charge in [0.15, 0.2) is 11.2 Å². The number of aromatic nitrogens is 3. The summed E-state index contributed by atoms with van der Waals surface area (Å²) in [5, 5.41) is 8.80. The number of ether oxygens (including phenoxy) is 1. The fraction of sp³-hybridized carbons (Fsp3) is 0.136. The Balaban J connectivity index is 1.34. The van der Waals surface area contributed by atoms with Gasteiger partial charge in [0.25, 0.3) is 11.8 Å². The van der Waals surface area contributed by atoms with E-state index < -0.39 is 6.10 Å². The zero-order chi connectivity index (χ0) is 22.2. The molecule has 0 spiro atoms. The van der Waals surface area contributed by atoms with Gasteiger partial charge in [-0.2, -0.15) is 0 Å². The minimum atomic E-state index is -0.524. The number of nitrogens with zero attached hydrogens (tertiary/aromatic N) is 3. The highest BCUT2D eigenvalue weighted by Gasteiger charge is 2.24. The van der Waals surface area contributed by atoms with E-state index in [1.807, 2.05) is 36.6 Å². The molecule has 0 radical (unpaired) electrons. The van der Waals surface area contributed by atoms with Gasteiger partial charge >= 0.3 is 0 Å². The molecule has 10 heteroatoms. The van der Waals surface area contributed by atoms with Crippen molar-refractivity contribution in [2.24, 2.45) is 0 Å². The summed E-state index contributed by atoms with van der Waals surface area (Å²) >= 11 is 2.66. The topological polar surface area (TPSA) is 106 Å². The Morgan fingerprint density at radius 2 is 1.97 bits per heavy atom. The van der Waals surface area contributed by atoms with E-state index in [2.05, 4.69) is 25.6 Å². The number of aryl methyl sites for hydroxylation is 1. The molecule has 1 aromatic carbocycles. The third-order valence-corrected chi connectivity index (χ3v) is 6.82. The first-order valence-electron chi connectivity index (χ1n) is 9.74. The van der Waals surface area contributed by atoms with Crippen LogP contribution in [0.1, 0.15) is 22.3 Å². The van der Waals surface area contributed by atoms with Crippen molar-refractivity contribution < 1.29 is 14.3 Å². The highest BCUT2D eigenvalue weighted by molar-refractivity contribution is 7.17. The number of benzene rings is 1. The van der Waals surface area contributed by atoms with Crippen molar-refractivity contribution in [3.63, 3.8) is 0 Å². The summed E-state index contributed by atoms with van der Waals surface area (Å²) in [6.45, 7) is 3.51. The number of rotatable bonds is 4. The minimum Gasteiger partial charge on any atom is -0.479 e. The number of hydrogen-bond acceptors (Lipinski definition) is 8. The molecule has 0 saturated carbocycles. The van der Waals surface area contributed by atoms with Crippen LogP contribution in [0.25, 0.3) is 21.8 Å². The summed E-state index contributed by atoms with van der Waals surface area (Å²) in [6, 6.07) is 9.21. The zero-order valence-corrected chi connectivity index (χ0v) is 18.7. The van der Waals surface area contributed by atoms with Crippen LogP contribution in [0.2, 0.25) is 0 Å². The average Bonchev–Trinajstić information content (AvgIpc) is 3.41. The third kappa shape index (κ3) is 3.85. The molecule has 32 heavy (non-hydrogen) atoms. The smallest absolute Gasteiger partial charge is 0.269 e. The van der Waals surface area contributed by atoms with Crippen LogP contribution >= 0.6 is 22.7 Å². The number of nitrogens with one attached hydrogen (secondary N) is 2. The van der Waals surface area contributed by atoms with Gasteiger partial charge in [0.2, 0.25) is 0 Å². The lowest BCUT2D eigenvalue weighted by Crippen LogP contribution is -2.34. The molecule has 1 aliphatic rings. The molecule has 5 rings (SSSR count). The Morgan fingerprint density at radius 1 is 1.16 bits per heavy atom. The van der Waals surface area contributed by atoms with Crippen LogP contribution in [-0.2, 0) is 4.79 Å². The summed E-state index contributed by atoms with van der Waals surface area (Å²) in [5.74, 6) is 0.184. The first-order valence-corrected chi connectivity index (χ1v) is 11.4. The quantitative estimate of drug-likeness (QED) is 0.458. The van der Waals surface area contributed by atoms with E-state index in [1.54, 1.807) is 25.4 Å². The van der Waals surface area contributed by atoms with Gasteiger partial charge in [-0.25, -0.2) is 9.97 Å². The highest BCUT2D eigenvalue weighted by Crippen LogP contribution is 2.35. The van der Waals surface area contributed by atoms with E-state index in [-0.39, 0.29) is 11.8 Å². The Morgan fingerprint density at radius 3 is 2.78 bits per heavy atom. The van der Waals surface area contributed by atoms with Crippen molar-refractivity contribution in [2.75, 3.05) is 10.6 Å². The molecular formula is C22H17N5O3S2. The van der Waals surface area contributed by atoms with Crippen LogP contribution in [0, 0.1) is 6.92 Å². The first kappa shape index (κ1) is 20.3. The van der Waals surface area contributed by atoms with Gasteiger partial charge in [-0.3, -0.25) is 19.9 Å². The van der Waals surface area contributed by atoms with E-state index in [4.69, 9.17) is 4.74 Å². The molecule has 0 aliphatic carbocycles. The predicted molar refractivity (Wildman–Crippen MR) is 124 cm³/mol. The molecule has 1 atom stereocenters. The van der Waals surface area contributed by atoms with Crippen LogP contribution in [0.3, 0.4) is 0 Å². The van der Waals surface area contributed by atoms with Gasteiger partial charge in [-0.15, -0.1) is 22.7 Å². The van der Waals surface area contributed by atoms with Gasteiger partial charge in [0.05, 0.1) is 17.1 Å². The molecule has 2 N–H and O–H groups in total. The maximum absolute atomic E-state index is 12.8. The molecular weight excluding hydrogens is 446 g/mol. The number of hydrogen-bond donors (Lipinski definition) is 2. The van der Waals surface area contributed by atoms with E-state index >= 15 is 0 Å². The van der Waals surface area contributed by atoms with Crippen LogP contribution < -0.4 is 15.4 Å². The lowest BCUT2D eigenvalue weighted by atomic mass is 10.1. The summed E-state index contributed by atoms with van der Waals surface area (Å²) in [6.07, 6.45) is 2.87. The number of carbonyl (C=O) groups is 2. The SMILES string of the molecule is Cc1nc(-c2ccncc2)sc1C(=O)Nc1nc(-c2ccc3c(c2)NC(=O)C(C)O3)cs1. The number of anilines is 2. The van der Waals surface area contributed by atoms with Gasteiger partial charge < -0.3 is 10.1 Å². The van der Waals surface area contributed by atoms with Crippen molar-refractivity contribution >= 4 is 45.3 Å². The number of fused-ring (bicyclic) bond motifs is 1. The molecule has 8 nitrogen and oxygen atoms in total. The second-order valence-corrected chi connectivity index (χ2v) is 8.98. The van der Waals surface area contributed by atoms with E-state index in [0.29, 0.717) is 32.8 Å². The molecule has 160 valence electrons. The Labute approximate surface area is 191 Å². The molecule has 1 unspecified atom stereocenters. The van der Waals surface area contributed by atoms with Crippen molar-refractivity contribution in [3.8, 4) is 27.6 Å². The highest BCUT2D eigenvalue weighted by atomic mass is 32.1. The second kappa shape index (κ2) is 8.13. The lowest BCUT2D eigenvalue weighted by molar-refractivity contribution is -0.122. The number of carbonyl (C=O) groups excluding carboxylic acids is 2. The van der Waals surface area contributed by atoms with Crippen LogP contribution in [0.4, 0.5) is 10.8 Å². The Bertz CT molecular complexity index is 1330. The molecule has 4 heterocycles. The predicted octanol–water partition coefficient (Wildman–Crippen LogP) is 4.61. The third-order valence-electron chi connectivity index (χ3n) is 4.86. The Kier molecular flexibility index (Phi) is 5.16. The first-order chi connectivity index (χ1) is 15.5. The standard InChI is InChI=1S/C22H17N5O3S2/c1-11-18(32-21(24-11)13-5-7-23-8-6-13)20(29)27-22-26-16(10-31-22)14-3-4-17-15(9-14)25-19(28)12(2)30-17/h3-10,12H,1-2H3,(H,25,28)(H,26,27,29). The molecule has 0 bridgehead atoms. The molecule has 0 saturated heterocycles. The lowest BCUT2D eigenvalue weighted by Gasteiger charge is -2.23. The monoisotopic (exact) mass is 463 g/mol. The van der Waals surface area contributed by atoms with Crippen molar-refractivity contribution in [3.05, 3.63) is 58.7 Å². The second-order valence-electron chi connectivity index (χ2n) is 7.12. The van der Waals surface area contributed by atoms with Gasteiger partial charge in [-0.05, 0) is 44.2 Å². The molecule has 0 fully saturated rings. The fourth-order valence-corrected chi connectivity index (χ4v) is 4.89. The maximum Gasteiger partial charge on any atom is 0.269 e. The molecule has 3 aromatic heterocycles. The van der Waals surface area contributed by atoms with Gasteiger partial charge in [0.1, 0.15) is 15.6 Å². The van der Waals surface area contributed by atoms with Crippen LogP contribution in [0.15, 0.2) is 48.1 Å². The summed E-state index contributed by atoms with van der Waals surface area (Å²) < 4.78 is 5.59. The fourth-order valence-electron chi connectivity index (χ4n) is 3.21. The molecule has 1 aliphatic heterocycles. The van der Waals surface area contributed by atoms with Crippen LogP contribution in [0.5, 0.6) is 5.75 Å². The van der Waals surface area contributed by atoms with Crippen molar-refractivity contribution in [1.29, 1.82) is 0 Å². The van der Waals surface area contributed by atoms with Crippen molar-refractivity contribution in [1.82, 2.24) is 15.0 Å². The minimum absolute atomic E-state index is 0.188. The van der Waals surface area contributed by atoms with E-state index in [9.17, 15) is 9.59 Å². The summed E-state index contributed by atoms with van der Waals surface area (Å²) in [7, 11) is 0. The largest absolute Gasteiger partial charge is 0.479 e. The molecule has 2 amide bonds. The van der Waals surface area contributed by atoms with E-state index in [0.717, 1.165) is 16.1 Å². The van der Waals surface area contributed by atoms with Crippen LogP contribution in [-0.4, -0.2) is 32.9 Å². The van der Waals surface area contributed by atoms with Gasteiger partial charge in [0, 0.05) is 28.9 Å². The number of pyridine rings is 1. The summed E-state index contributed by atoms with van der Waals surface area (Å²) in [4.78, 5) is 38.3.